The molecule has 1 aromatic carbocycles. The predicted octanol–water partition coefficient (Wildman–Crippen LogP) is 1.26. The van der Waals surface area contributed by atoms with Crippen molar-refractivity contribution >= 4 is 17.6 Å². The molecule has 1 aromatic rings. The highest BCUT2D eigenvalue weighted by molar-refractivity contribution is 5.77. The fourth-order valence-electron chi connectivity index (χ4n) is 3.96. The van der Waals surface area contributed by atoms with E-state index in [1.165, 1.54) is 6.07 Å². The van der Waals surface area contributed by atoms with Crippen LogP contribution in [0.4, 0.5) is 14.9 Å². The molecule has 3 rings (SSSR count). The quantitative estimate of drug-likeness (QED) is 0.811. The molecule has 3 amide bonds. The number of amides is 3. The van der Waals surface area contributed by atoms with Crippen LogP contribution in [0.15, 0.2) is 24.3 Å². The van der Waals surface area contributed by atoms with Gasteiger partial charge in [-0.1, -0.05) is 12.1 Å². The van der Waals surface area contributed by atoms with Gasteiger partial charge in [-0.3, -0.25) is 9.69 Å². The fraction of sp³-hybridized carbons (Fsp3) is 0.600. The number of urea groups is 1. The van der Waals surface area contributed by atoms with Crippen molar-refractivity contribution in [3.05, 3.63) is 30.1 Å². The van der Waals surface area contributed by atoms with Gasteiger partial charge in [-0.2, -0.15) is 0 Å². The zero-order valence-electron chi connectivity index (χ0n) is 16.7. The largest absolute Gasteiger partial charge is 0.365 e. The SMILES string of the molecule is CNC(=O)CN1CCC(NC(=O)N2CCN(c3ccccc3F)C[C@H]2C)CC1. The maximum atomic E-state index is 14.0. The molecular formula is C20H30FN5O2. The summed E-state index contributed by atoms with van der Waals surface area (Å²) in [7, 11) is 1.64. The number of piperazine rings is 1. The Morgan fingerprint density at radius 1 is 1.14 bits per heavy atom. The summed E-state index contributed by atoms with van der Waals surface area (Å²) in [6.45, 7) is 5.80. The van der Waals surface area contributed by atoms with Crippen molar-refractivity contribution in [1.29, 1.82) is 0 Å². The van der Waals surface area contributed by atoms with E-state index in [1.54, 1.807) is 19.2 Å². The molecule has 7 nitrogen and oxygen atoms in total. The molecule has 28 heavy (non-hydrogen) atoms. The van der Waals surface area contributed by atoms with Gasteiger partial charge in [-0.25, -0.2) is 9.18 Å². The molecular weight excluding hydrogens is 361 g/mol. The van der Waals surface area contributed by atoms with E-state index in [1.807, 2.05) is 22.8 Å². The number of piperidine rings is 1. The second-order valence-electron chi connectivity index (χ2n) is 7.61. The lowest BCUT2D eigenvalue weighted by Crippen LogP contribution is -2.58. The standard InChI is InChI=1S/C20H30FN5O2/c1-15-13-25(18-6-4-3-5-17(18)21)11-12-26(15)20(28)23-16-7-9-24(10-8-16)14-19(27)22-2/h3-6,15-16H,7-14H2,1-2H3,(H,22,27)(H,23,28)/t15-/m1/s1. The number of para-hydroxylation sites is 1. The third-order valence-electron chi connectivity index (χ3n) is 5.64. The van der Waals surface area contributed by atoms with Gasteiger partial charge in [0, 0.05) is 51.9 Å². The highest BCUT2D eigenvalue weighted by Crippen LogP contribution is 2.22. The molecule has 2 aliphatic rings. The number of likely N-dealkylation sites (N-methyl/N-ethyl adjacent to an activating group) is 1. The zero-order chi connectivity index (χ0) is 20.1. The van der Waals surface area contributed by atoms with Crippen LogP contribution in [0.1, 0.15) is 19.8 Å². The summed E-state index contributed by atoms with van der Waals surface area (Å²) >= 11 is 0. The summed E-state index contributed by atoms with van der Waals surface area (Å²) < 4.78 is 14.0. The van der Waals surface area contributed by atoms with Gasteiger partial charge in [0.25, 0.3) is 0 Å². The van der Waals surface area contributed by atoms with Crippen LogP contribution in [0.3, 0.4) is 0 Å². The molecule has 2 saturated heterocycles. The Morgan fingerprint density at radius 3 is 2.50 bits per heavy atom. The van der Waals surface area contributed by atoms with E-state index in [4.69, 9.17) is 0 Å². The van der Waals surface area contributed by atoms with Crippen LogP contribution < -0.4 is 15.5 Å². The third kappa shape index (κ3) is 4.92. The maximum Gasteiger partial charge on any atom is 0.317 e. The molecule has 154 valence electrons. The highest BCUT2D eigenvalue weighted by Gasteiger charge is 2.30. The minimum Gasteiger partial charge on any atom is -0.365 e. The van der Waals surface area contributed by atoms with Gasteiger partial charge in [0.1, 0.15) is 5.82 Å². The number of nitrogens with one attached hydrogen (secondary N) is 2. The maximum absolute atomic E-state index is 14.0. The molecule has 1 atom stereocenters. The second kappa shape index (κ2) is 9.23. The van der Waals surface area contributed by atoms with Crippen molar-refractivity contribution in [1.82, 2.24) is 20.4 Å². The molecule has 0 aromatic heterocycles. The lowest BCUT2D eigenvalue weighted by Gasteiger charge is -2.42. The number of rotatable bonds is 4. The van der Waals surface area contributed by atoms with Crippen LogP contribution in [0.5, 0.6) is 0 Å². The third-order valence-corrected chi connectivity index (χ3v) is 5.64. The lowest BCUT2D eigenvalue weighted by atomic mass is 10.1. The summed E-state index contributed by atoms with van der Waals surface area (Å²) in [6.07, 6.45) is 1.68. The van der Waals surface area contributed by atoms with E-state index in [-0.39, 0.29) is 29.8 Å². The average Bonchev–Trinajstić information content (AvgIpc) is 2.69. The number of anilines is 1. The Labute approximate surface area is 165 Å². The summed E-state index contributed by atoms with van der Waals surface area (Å²) in [5, 5.41) is 5.78. The van der Waals surface area contributed by atoms with Crippen molar-refractivity contribution in [2.45, 2.75) is 31.8 Å². The first-order valence-electron chi connectivity index (χ1n) is 9.97. The van der Waals surface area contributed by atoms with Crippen LogP contribution in [0, 0.1) is 5.82 Å². The number of halogens is 1. The van der Waals surface area contributed by atoms with Gasteiger partial charge >= 0.3 is 6.03 Å². The van der Waals surface area contributed by atoms with Crippen molar-refractivity contribution in [2.75, 3.05) is 51.2 Å². The van der Waals surface area contributed by atoms with Crippen molar-refractivity contribution in [3.8, 4) is 0 Å². The Hall–Kier alpha value is -2.35. The van der Waals surface area contributed by atoms with E-state index < -0.39 is 0 Å². The molecule has 0 radical (unpaired) electrons. The molecule has 0 unspecified atom stereocenters. The Bertz CT molecular complexity index is 693. The minimum absolute atomic E-state index is 0.00157. The van der Waals surface area contributed by atoms with Gasteiger partial charge in [-0.15, -0.1) is 0 Å². The number of benzene rings is 1. The Morgan fingerprint density at radius 2 is 1.86 bits per heavy atom. The molecule has 0 spiro atoms. The van der Waals surface area contributed by atoms with Gasteiger partial charge in [0.2, 0.25) is 5.91 Å². The van der Waals surface area contributed by atoms with Gasteiger partial charge in [-0.05, 0) is 31.9 Å². The fourth-order valence-corrected chi connectivity index (χ4v) is 3.96. The van der Waals surface area contributed by atoms with Gasteiger partial charge in [0.15, 0.2) is 0 Å². The smallest absolute Gasteiger partial charge is 0.317 e. The highest BCUT2D eigenvalue weighted by atomic mass is 19.1. The first-order chi connectivity index (χ1) is 13.5. The lowest BCUT2D eigenvalue weighted by molar-refractivity contribution is -0.122. The van der Waals surface area contributed by atoms with E-state index in [9.17, 15) is 14.0 Å². The molecule has 2 heterocycles. The number of hydrogen-bond acceptors (Lipinski definition) is 4. The minimum atomic E-state index is -0.226. The van der Waals surface area contributed by atoms with E-state index >= 15 is 0 Å². The number of nitrogens with zero attached hydrogens (tertiary/aromatic N) is 3. The van der Waals surface area contributed by atoms with Crippen molar-refractivity contribution in [2.24, 2.45) is 0 Å². The average molecular weight is 391 g/mol. The summed E-state index contributed by atoms with van der Waals surface area (Å²) in [5.74, 6) is -0.208. The Kier molecular flexibility index (Phi) is 6.72. The summed E-state index contributed by atoms with van der Waals surface area (Å²) in [6, 6.07) is 6.85. The van der Waals surface area contributed by atoms with E-state index in [0.29, 0.717) is 31.9 Å². The molecule has 2 aliphatic heterocycles. The predicted molar refractivity (Wildman–Crippen MR) is 107 cm³/mol. The molecule has 2 fully saturated rings. The van der Waals surface area contributed by atoms with Crippen LogP contribution in [0.25, 0.3) is 0 Å². The molecule has 8 heteroatoms. The number of hydrogen-bond donors (Lipinski definition) is 2. The second-order valence-corrected chi connectivity index (χ2v) is 7.61. The molecule has 2 N–H and O–H groups in total. The van der Waals surface area contributed by atoms with E-state index in [2.05, 4.69) is 15.5 Å². The normalized spacial score (nSPS) is 21.5. The molecule has 0 saturated carbocycles. The van der Waals surface area contributed by atoms with Crippen molar-refractivity contribution in [3.63, 3.8) is 0 Å². The summed E-state index contributed by atoms with van der Waals surface area (Å²) in [4.78, 5) is 30.2. The molecule has 0 bridgehead atoms. The van der Waals surface area contributed by atoms with E-state index in [0.717, 1.165) is 25.9 Å². The van der Waals surface area contributed by atoms with Gasteiger partial charge in [0.05, 0.1) is 12.2 Å². The number of carbonyl (C=O) groups is 2. The van der Waals surface area contributed by atoms with Crippen LogP contribution in [0.2, 0.25) is 0 Å². The van der Waals surface area contributed by atoms with Crippen molar-refractivity contribution < 1.29 is 14.0 Å². The first kappa shape index (κ1) is 20.4. The Balaban J connectivity index is 1.47. The van der Waals surface area contributed by atoms with Crippen LogP contribution in [-0.4, -0.2) is 80.1 Å². The number of likely N-dealkylation sites (tertiary alicyclic amines) is 1. The molecule has 0 aliphatic carbocycles. The summed E-state index contributed by atoms with van der Waals surface area (Å²) in [5.41, 5.74) is 0.595. The van der Waals surface area contributed by atoms with Crippen LogP contribution >= 0.6 is 0 Å². The van der Waals surface area contributed by atoms with Gasteiger partial charge < -0.3 is 20.4 Å². The zero-order valence-corrected chi connectivity index (χ0v) is 16.7. The monoisotopic (exact) mass is 391 g/mol. The first-order valence-corrected chi connectivity index (χ1v) is 9.97. The van der Waals surface area contributed by atoms with Crippen LogP contribution in [-0.2, 0) is 4.79 Å². The number of carbonyl (C=O) groups excluding carboxylic acids is 2. The topological polar surface area (TPSA) is 67.9 Å².